The first-order valence-corrected chi connectivity index (χ1v) is 7.68. The normalized spacial score (nSPS) is 25.8. The maximum Gasteiger partial charge on any atom is 0.156 e. The lowest BCUT2D eigenvalue weighted by Crippen LogP contribution is -2.54. The molecule has 1 saturated carbocycles. The van der Waals surface area contributed by atoms with Gasteiger partial charge in [0, 0.05) is 32.7 Å². The monoisotopic (exact) mass is 268 g/mol. The molecule has 1 atom stereocenters. The third kappa shape index (κ3) is 3.83. The Labute approximate surface area is 116 Å². The van der Waals surface area contributed by atoms with Gasteiger partial charge in [0.15, 0.2) is 5.84 Å². The van der Waals surface area contributed by atoms with E-state index in [-0.39, 0.29) is 6.04 Å². The van der Waals surface area contributed by atoms with Crippen LogP contribution in [0, 0.1) is 5.92 Å². The van der Waals surface area contributed by atoms with Crippen LogP contribution in [-0.2, 0) is 0 Å². The fourth-order valence-corrected chi connectivity index (χ4v) is 3.54. The molecule has 0 aromatic heterocycles. The third-order valence-corrected chi connectivity index (χ3v) is 4.68. The molecule has 0 aromatic rings. The van der Waals surface area contributed by atoms with Crippen LogP contribution in [-0.4, -0.2) is 59.6 Å². The van der Waals surface area contributed by atoms with Crippen LogP contribution in [0.2, 0.25) is 0 Å². The molecule has 1 unspecified atom stereocenters. The lowest BCUT2D eigenvalue weighted by Gasteiger charge is -2.39. The Kier molecular flexibility index (Phi) is 5.45. The van der Waals surface area contributed by atoms with Gasteiger partial charge in [-0.3, -0.25) is 4.90 Å². The Morgan fingerprint density at radius 3 is 2.42 bits per heavy atom. The molecular formula is C14H28N4O. The van der Waals surface area contributed by atoms with Gasteiger partial charge in [0.25, 0.3) is 0 Å². The summed E-state index contributed by atoms with van der Waals surface area (Å²) in [6, 6.07) is 0.0960. The maximum atomic E-state index is 8.83. The predicted octanol–water partition coefficient (Wildman–Crippen LogP) is 1.32. The number of piperazine rings is 1. The Hall–Kier alpha value is -0.810. The fraction of sp³-hybridized carbons (Fsp3) is 0.929. The minimum atomic E-state index is 0.0960. The number of hydrogen-bond donors (Lipinski definition) is 2. The molecule has 0 amide bonds. The smallest absolute Gasteiger partial charge is 0.156 e. The van der Waals surface area contributed by atoms with Crippen molar-refractivity contribution in [2.45, 2.75) is 45.1 Å². The number of nitrogens with two attached hydrogens (primary N) is 1. The Bertz CT molecular complexity index is 294. The van der Waals surface area contributed by atoms with E-state index in [2.05, 4.69) is 21.9 Å². The highest BCUT2D eigenvalue weighted by Crippen LogP contribution is 2.25. The molecule has 5 heteroatoms. The summed E-state index contributed by atoms with van der Waals surface area (Å²) in [6.07, 6.45) is 6.58. The highest BCUT2D eigenvalue weighted by Gasteiger charge is 2.27. The summed E-state index contributed by atoms with van der Waals surface area (Å²) in [4.78, 5) is 4.94. The summed E-state index contributed by atoms with van der Waals surface area (Å²) in [7, 11) is 0. The van der Waals surface area contributed by atoms with E-state index in [0.717, 1.165) is 38.5 Å². The zero-order valence-electron chi connectivity index (χ0n) is 12.1. The van der Waals surface area contributed by atoms with Gasteiger partial charge < -0.3 is 15.8 Å². The van der Waals surface area contributed by atoms with Crippen molar-refractivity contribution in [2.75, 3.05) is 32.7 Å². The van der Waals surface area contributed by atoms with Crippen LogP contribution >= 0.6 is 0 Å². The summed E-state index contributed by atoms with van der Waals surface area (Å²) in [6.45, 7) is 7.65. The van der Waals surface area contributed by atoms with E-state index < -0.39 is 0 Å². The Morgan fingerprint density at radius 1 is 1.26 bits per heavy atom. The number of oxime groups is 1. The van der Waals surface area contributed by atoms with Crippen molar-refractivity contribution in [3.63, 3.8) is 0 Å². The van der Waals surface area contributed by atoms with E-state index in [1.807, 2.05) is 0 Å². The second-order valence-corrected chi connectivity index (χ2v) is 5.94. The van der Waals surface area contributed by atoms with Crippen molar-refractivity contribution in [3.8, 4) is 0 Å². The highest BCUT2D eigenvalue weighted by atomic mass is 16.4. The molecule has 3 N–H and O–H groups in total. The number of rotatable bonds is 5. The van der Waals surface area contributed by atoms with Gasteiger partial charge in [-0.15, -0.1) is 0 Å². The average Bonchev–Trinajstić information content (AvgIpc) is 2.94. The summed E-state index contributed by atoms with van der Waals surface area (Å²) >= 11 is 0. The minimum Gasteiger partial charge on any atom is -0.409 e. The molecule has 1 aliphatic heterocycles. The topological polar surface area (TPSA) is 65.1 Å². The van der Waals surface area contributed by atoms with Crippen molar-refractivity contribution in [2.24, 2.45) is 16.8 Å². The number of nitrogens with zero attached hydrogens (tertiary/aromatic N) is 3. The van der Waals surface area contributed by atoms with Crippen LogP contribution in [0.4, 0.5) is 0 Å². The molecule has 1 aliphatic carbocycles. The van der Waals surface area contributed by atoms with Gasteiger partial charge in [0.05, 0.1) is 6.04 Å². The zero-order valence-corrected chi connectivity index (χ0v) is 12.1. The predicted molar refractivity (Wildman–Crippen MR) is 77.5 cm³/mol. The van der Waals surface area contributed by atoms with Crippen LogP contribution in [0.5, 0.6) is 0 Å². The lowest BCUT2D eigenvalue weighted by molar-refractivity contribution is 0.103. The molecule has 5 nitrogen and oxygen atoms in total. The molecule has 2 rings (SSSR count). The molecule has 0 aromatic carbocycles. The first-order valence-electron chi connectivity index (χ1n) is 7.68. The first-order chi connectivity index (χ1) is 9.24. The average molecular weight is 268 g/mol. The summed E-state index contributed by atoms with van der Waals surface area (Å²) in [5.74, 6) is 1.28. The minimum absolute atomic E-state index is 0.0960. The number of hydrogen-bond acceptors (Lipinski definition) is 4. The standard InChI is InChI=1S/C14H28N4O/c1-2-13(14(15)16-19)18-9-7-17(8-10-18)11-12-5-3-4-6-12/h12-13,19H,2-11H2,1H3,(H2,15,16). The van der Waals surface area contributed by atoms with E-state index in [9.17, 15) is 0 Å². The quantitative estimate of drug-likeness (QED) is 0.342. The third-order valence-electron chi connectivity index (χ3n) is 4.68. The molecule has 1 heterocycles. The van der Waals surface area contributed by atoms with E-state index in [4.69, 9.17) is 10.9 Å². The molecule has 110 valence electrons. The fourth-order valence-electron chi connectivity index (χ4n) is 3.54. The molecule has 0 radical (unpaired) electrons. The Morgan fingerprint density at radius 2 is 1.89 bits per heavy atom. The molecule has 0 bridgehead atoms. The van der Waals surface area contributed by atoms with Crippen LogP contribution in [0.3, 0.4) is 0 Å². The van der Waals surface area contributed by atoms with Crippen molar-refractivity contribution in [3.05, 3.63) is 0 Å². The van der Waals surface area contributed by atoms with Gasteiger partial charge >= 0.3 is 0 Å². The van der Waals surface area contributed by atoms with Crippen molar-refractivity contribution in [1.29, 1.82) is 0 Å². The second-order valence-electron chi connectivity index (χ2n) is 5.94. The van der Waals surface area contributed by atoms with Gasteiger partial charge in [-0.1, -0.05) is 24.9 Å². The Balaban J connectivity index is 1.77. The van der Waals surface area contributed by atoms with Gasteiger partial charge in [-0.25, -0.2) is 0 Å². The van der Waals surface area contributed by atoms with Gasteiger partial charge in [-0.05, 0) is 25.2 Å². The number of amidine groups is 1. The lowest BCUT2D eigenvalue weighted by atomic mass is 10.1. The van der Waals surface area contributed by atoms with Crippen LogP contribution < -0.4 is 5.73 Å². The highest BCUT2D eigenvalue weighted by molar-refractivity contribution is 5.85. The first kappa shape index (κ1) is 14.6. The van der Waals surface area contributed by atoms with E-state index >= 15 is 0 Å². The summed E-state index contributed by atoms with van der Waals surface area (Å²) < 4.78 is 0. The molecule has 2 aliphatic rings. The van der Waals surface area contributed by atoms with Crippen LogP contribution in [0.15, 0.2) is 5.16 Å². The molecule has 1 saturated heterocycles. The van der Waals surface area contributed by atoms with E-state index in [1.165, 1.54) is 32.2 Å². The molecule has 0 spiro atoms. The SMILES string of the molecule is CCC(C(N)=NO)N1CCN(CC2CCCC2)CC1. The largest absolute Gasteiger partial charge is 0.409 e. The zero-order chi connectivity index (χ0) is 13.7. The molecule has 19 heavy (non-hydrogen) atoms. The van der Waals surface area contributed by atoms with E-state index in [1.54, 1.807) is 0 Å². The second kappa shape index (κ2) is 7.10. The van der Waals surface area contributed by atoms with E-state index in [0.29, 0.717) is 5.84 Å². The van der Waals surface area contributed by atoms with Gasteiger partial charge in [0.1, 0.15) is 0 Å². The van der Waals surface area contributed by atoms with Crippen molar-refractivity contribution >= 4 is 5.84 Å². The summed E-state index contributed by atoms with van der Waals surface area (Å²) in [5.41, 5.74) is 5.77. The summed E-state index contributed by atoms with van der Waals surface area (Å²) in [5, 5.41) is 12.0. The van der Waals surface area contributed by atoms with Crippen LogP contribution in [0.1, 0.15) is 39.0 Å². The van der Waals surface area contributed by atoms with Crippen molar-refractivity contribution in [1.82, 2.24) is 9.80 Å². The van der Waals surface area contributed by atoms with Gasteiger partial charge in [-0.2, -0.15) is 0 Å². The van der Waals surface area contributed by atoms with Gasteiger partial charge in [0.2, 0.25) is 0 Å². The van der Waals surface area contributed by atoms with Crippen LogP contribution in [0.25, 0.3) is 0 Å². The van der Waals surface area contributed by atoms with Crippen molar-refractivity contribution < 1.29 is 5.21 Å². The molecular weight excluding hydrogens is 240 g/mol. The maximum absolute atomic E-state index is 8.83. The molecule has 2 fully saturated rings.